The van der Waals surface area contributed by atoms with Crippen LogP contribution in [0.25, 0.3) is 17.2 Å². The second-order valence-electron chi connectivity index (χ2n) is 9.60. The third-order valence-electron chi connectivity index (χ3n) is 6.87. The third kappa shape index (κ3) is 5.01. The molecule has 1 saturated heterocycles. The maximum Gasteiger partial charge on any atom is 0.150 e. The molecule has 2 aliphatic rings. The molecule has 3 nitrogen and oxygen atoms in total. The van der Waals surface area contributed by atoms with E-state index in [9.17, 15) is 13.9 Å². The van der Waals surface area contributed by atoms with Crippen molar-refractivity contribution in [1.82, 2.24) is 4.90 Å². The normalized spacial score (nSPS) is 20.3. The van der Waals surface area contributed by atoms with E-state index in [2.05, 4.69) is 24.0 Å². The molecular weight excluding hydrogens is 444 g/mol. The summed E-state index contributed by atoms with van der Waals surface area (Å²) in [6.07, 6.45) is 4.99. The van der Waals surface area contributed by atoms with Crippen LogP contribution >= 0.6 is 0 Å². The Morgan fingerprint density at radius 3 is 2.46 bits per heavy atom. The molecule has 35 heavy (non-hydrogen) atoms. The summed E-state index contributed by atoms with van der Waals surface area (Å²) < 4.78 is 34.6. The fourth-order valence-corrected chi connectivity index (χ4v) is 5.07. The molecular formula is C30H29F2NO2. The minimum Gasteiger partial charge on any atom is -0.508 e. The smallest absolute Gasteiger partial charge is 0.150 e. The maximum atomic E-state index is 14.1. The number of allylic oxidation sites excluding steroid dienone is 1. The second-order valence-corrected chi connectivity index (χ2v) is 9.60. The molecule has 5 rings (SSSR count). The highest BCUT2D eigenvalue weighted by Crippen LogP contribution is 2.47. The topological polar surface area (TPSA) is 32.7 Å². The van der Waals surface area contributed by atoms with E-state index < -0.39 is 17.7 Å². The summed E-state index contributed by atoms with van der Waals surface area (Å²) in [5.41, 5.74) is 4.72. The van der Waals surface area contributed by atoms with Crippen LogP contribution in [0.3, 0.4) is 0 Å². The average molecular weight is 474 g/mol. The van der Waals surface area contributed by atoms with Crippen molar-refractivity contribution >= 4 is 17.2 Å². The van der Waals surface area contributed by atoms with Crippen molar-refractivity contribution < 1.29 is 18.6 Å². The number of fused-ring (bicyclic) bond motifs is 1. The number of likely N-dealkylation sites (tertiary alicyclic amines) is 1. The van der Waals surface area contributed by atoms with Gasteiger partial charge in [-0.05, 0) is 72.3 Å². The summed E-state index contributed by atoms with van der Waals surface area (Å²) in [7, 11) is 0. The first kappa shape index (κ1) is 23.3. The predicted molar refractivity (Wildman–Crippen MR) is 136 cm³/mol. The Hall–Kier alpha value is -3.44. The lowest BCUT2D eigenvalue weighted by Crippen LogP contribution is -2.19. The molecule has 2 atom stereocenters. The Morgan fingerprint density at radius 1 is 1.03 bits per heavy atom. The van der Waals surface area contributed by atoms with Crippen LogP contribution in [0.5, 0.6) is 11.5 Å². The second kappa shape index (κ2) is 9.67. The number of nitrogens with zero attached hydrogens (tertiary/aromatic N) is 1. The van der Waals surface area contributed by atoms with Crippen LogP contribution in [0, 0.1) is 17.6 Å². The van der Waals surface area contributed by atoms with Crippen LogP contribution in [-0.4, -0.2) is 29.6 Å². The molecule has 3 aromatic rings. The third-order valence-corrected chi connectivity index (χ3v) is 6.87. The van der Waals surface area contributed by atoms with E-state index in [1.54, 1.807) is 18.2 Å². The lowest BCUT2D eigenvalue weighted by Gasteiger charge is -2.31. The predicted octanol–water partition coefficient (Wildman–Crippen LogP) is 7.09. The Kier molecular flexibility index (Phi) is 6.44. The lowest BCUT2D eigenvalue weighted by atomic mass is 9.86. The van der Waals surface area contributed by atoms with Gasteiger partial charge >= 0.3 is 0 Å². The van der Waals surface area contributed by atoms with Gasteiger partial charge in [-0.2, -0.15) is 0 Å². The molecule has 0 aliphatic carbocycles. The number of benzene rings is 3. The first-order valence-electron chi connectivity index (χ1n) is 12.0. The van der Waals surface area contributed by atoms with E-state index in [-0.39, 0.29) is 5.75 Å². The highest BCUT2D eigenvalue weighted by atomic mass is 19.1. The van der Waals surface area contributed by atoms with E-state index in [4.69, 9.17) is 4.74 Å². The zero-order chi connectivity index (χ0) is 24.5. The van der Waals surface area contributed by atoms with Crippen molar-refractivity contribution in [3.05, 3.63) is 101 Å². The van der Waals surface area contributed by atoms with Gasteiger partial charge in [-0.3, -0.25) is 4.90 Å². The lowest BCUT2D eigenvalue weighted by molar-refractivity contribution is 0.259. The zero-order valence-electron chi connectivity index (χ0n) is 20.0. The molecule has 2 unspecified atom stereocenters. The van der Waals surface area contributed by atoms with Gasteiger partial charge in [-0.1, -0.05) is 43.3 Å². The Labute approximate surface area is 205 Å². The van der Waals surface area contributed by atoms with E-state index >= 15 is 0 Å². The SMILES string of the molecule is CC1=C(c2cc(F)cc(F)c2)C(c2ccc(/C=C/CN3CCC(C)C3)cc2)Oc2cc(O)ccc21. The quantitative estimate of drug-likeness (QED) is 0.429. The standard InChI is InChI=1S/C30H29F2NO2/c1-19-11-13-33(18-19)12-3-4-21-5-7-22(8-6-21)30-29(23-14-24(31)16-25(32)15-23)20(2)27-10-9-26(34)17-28(27)35-30/h3-10,14-17,19,30,34H,11-13,18H2,1-2H3/b4-3+. The summed E-state index contributed by atoms with van der Waals surface area (Å²) in [4.78, 5) is 2.45. The fraction of sp³-hybridized carbons (Fsp3) is 0.267. The number of hydrogen-bond acceptors (Lipinski definition) is 3. The Bertz CT molecular complexity index is 1280. The number of phenols is 1. The minimum absolute atomic E-state index is 0.100. The first-order valence-corrected chi connectivity index (χ1v) is 12.0. The number of hydrogen-bond donors (Lipinski definition) is 1. The van der Waals surface area contributed by atoms with Crippen molar-refractivity contribution in [2.24, 2.45) is 5.92 Å². The summed E-state index contributed by atoms with van der Waals surface area (Å²) >= 11 is 0. The Morgan fingerprint density at radius 2 is 1.77 bits per heavy atom. The van der Waals surface area contributed by atoms with Crippen molar-refractivity contribution in [1.29, 1.82) is 0 Å². The highest BCUT2D eigenvalue weighted by molar-refractivity contribution is 5.95. The van der Waals surface area contributed by atoms with Crippen LogP contribution in [0.1, 0.15) is 48.6 Å². The van der Waals surface area contributed by atoms with Gasteiger partial charge in [0, 0.05) is 36.4 Å². The molecule has 1 fully saturated rings. The van der Waals surface area contributed by atoms with Crippen LogP contribution < -0.4 is 4.74 Å². The zero-order valence-corrected chi connectivity index (χ0v) is 20.0. The van der Waals surface area contributed by atoms with Gasteiger partial charge in [0.1, 0.15) is 29.2 Å². The first-order chi connectivity index (χ1) is 16.9. The minimum atomic E-state index is -0.636. The largest absolute Gasteiger partial charge is 0.508 e. The van der Waals surface area contributed by atoms with Gasteiger partial charge in [-0.25, -0.2) is 8.78 Å². The number of halogens is 2. The monoisotopic (exact) mass is 473 g/mol. The van der Waals surface area contributed by atoms with Gasteiger partial charge in [0.15, 0.2) is 0 Å². The summed E-state index contributed by atoms with van der Waals surface area (Å²) in [6.45, 7) is 7.44. The molecule has 0 spiro atoms. The van der Waals surface area contributed by atoms with Gasteiger partial charge in [0.05, 0.1) is 0 Å². The molecule has 2 aliphatic heterocycles. The van der Waals surface area contributed by atoms with Crippen LogP contribution in [0.15, 0.2) is 66.7 Å². The van der Waals surface area contributed by atoms with Crippen LogP contribution in [0.2, 0.25) is 0 Å². The highest BCUT2D eigenvalue weighted by Gasteiger charge is 2.30. The molecule has 0 amide bonds. The van der Waals surface area contributed by atoms with E-state index in [0.29, 0.717) is 16.9 Å². The van der Waals surface area contributed by atoms with E-state index in [1.165, 1.54) is 18.6 Å². The van der Waals surface area contributed by atoms with Crippen molar-refractivity contribution in [3.8, 4) is 11.5 Å². The molecule has 0 bridgehead atoms. The molecule has 0 saturated carbocycles. The number of phenolic OH excluding ortho intramolecular Hbond substituents is 1. The molecule has 5 heteroatoms. The molecule has 0 radical (unpaired) electrons. The number of aromatic hydroxyl groups is 1. The Balaban J connectivity index is 1.47. The van der Waals surface area contributed by atoms with Crippen molar-refractivity contribution in [2.45, 2.75) is 26.4 Å². The van der Waals surface area contributed by atoms with Crippen molar-refractivity contribution in [3.63, 3.8) is 0 Å². The molecule has 180 valence electrons. The summed E-state index contributed by atoms with van der Waals surface area (Å²) in [5.74, 6) is 0.134. The number of ether oxygens (including phenoxy) is 1. The van der Waals surface area contributed by atoms with Crippen molar-refractivity contribution in [2.75, 3.05) is 19.6 Å². The van der Waals surface area contributed by atoms with Crippen LogP contribution in [-0.2, 0) is 0 Å². The summed E-state index contributed by atoms with van der Waals surface area (Å²) in [6, 6.07) is 16.5. The van der Waals surface area contributed by atoms with Gasteiger partial charge in [-0.15, -0.1) is 0 Å². The fourth-order valence-electron chi connectivity index (χ4n) is 5.07. The molecule has 2 heterocycles. The molecule has 3 aromatic carbocycles. The van der Waals surface area contributed by atoms with Gasteiger partial charge in [0.25, 0.3) is 0 Å². The maximum absolute atomic E-state index is 14.1. The average Bonchev–Trinajstić information content (AvgIpc) is 3.23. The van der Waals surface area contributed by atoms with E-state index in [1.807, 2.05) is 31.2 Å². The number of rotatable bonds is 5. The van der Waals surface area contributed by atoms with Gasteiger partial charge < -0.3 is 9.84 Å². The van der Waals surface area contributed by atoms with Crippen LogP contribution in [0.4, 0.5) is 8.78 Å². The molecule has 1 N–H and O–H groups in total. The summed E-state index contributed by atoms with van der Waals surface area (Å²) in [5, 5.41) is 9.99. The molecule has 0 aromatic heterocycles. The van der Waals surface area contributed by atoms with E-state index in [0.717, 1.165) is 53.9 Å². The van der Waals surface area contributed by atoms with Gasteiger partial charge in [0.2, 0.25) is 0 Å².